The number of hydrogen-bond donors (Lipinski definition) is 1. The summed E-state index contributed by atoms with van der Waals surface area (Å²) in [6, 6.07) is 18.9. The highest BCUT2D eigenvalue weighted by Crippen LogP contribution is 2.26. The summed E-state index contributed by atoms with van der Waals surface area (Å²) >= 11 is 0. The Morgan fingerprint density at radius 2 is 1.85 bits per heavy atom. The third-order valence-corrected chi connectivity index (χ3v) is 4.87. The van der Waals surface area contributed by atoms with Crippen molar-refractivity contribution in [1.82, 2.24) is 14.9 Å². The number of para-hydroxylation sites is 1. The summed E-state index contributed by atoms with van der Waals surface area (Å²) in [5.41, 5.74) is 3.35. The highest BCUT2D eigenvalue weighted by molar-refractivity contribution is 5.78. The van der Waals surface area contributed by atoms with Gasteiger partial charge in [-0.2, -0.15) is 0 Å². The minimum absolute atomic E-state index is 0.143. The standard InChI is InChI=1S/C21H22N4O/c1-24(18-5-3-2-4-6-18)19-10-7-16(8-11-19)21-22-13-14-25(21)15-17-9-12-20(26)23-17/h2-8,10-11,13-14,17H,9,12,15H2,1H3,(H,23,26). The van der Waals surface area contributed by atoms with E-state index in [-0.39, 0.29) is 11.9 Å². The average Bonchev–Trinajstić information content (AvgIpc) is 3.31. The van der Waals surface area contributed by atoms with E-state index in [1.54, 1.807) is 0 Å². The van der Waals surface area contributed by atoms with Crippen LogP contribution in [-0.4, -0.2) is 28.5 Å². The Morgan fingerprint density at radius 1 is 1.12 bits per heavy atom. The number of carbonyl (C=O) groups is 1. The molecule has 1 N–H and O–H groups in total. The number of aromatic nitrogens is 2. The maximum absolute atomic E-state index is 11.4. The lowest BCUT2D eigenvalue weighted by Crippen LogP contribution is -2.29. The number of nitrogens with zero attached hydrogens (tertiary/aromatic N) is 3. The van der Waals surface area contributed by atoms with Gasteiger partial charge in [0.15, 0.2) is 0 Å². The Hall–Kier alpha value is -3.08. The van der Waals surface area contributed by atoms with Gasteiger partial charge in [-0.25, -0.2) is 4.98 Å². The van der Waals surface area contributed by atoms with Crippen LogP contribution in [0.25, 0.3) is 11.4 Å². The average molecular weight is 346 g/mol. The van der Waals surface area contributed by atoms with Crippen molar-refractivity contribution in [3.05, 3.63) is 67.0 Å². The fraction of sp³-hybridized carbons (Fsp3) is 0.238. The van der Waals surface area contributed by atoms with E-state index in [0.717, 1.165) is 35.7 Å². The lowest BCUT2D eigenvalue weighted by atomic mass is 10.1. The van der Waals surface area contributed by atoms with Crippen molar-refractivity contribution in [2.24, 2.45) is 0 Å². The molecule has 2 heterocycles. The summed E-state index contributed by atoms with van der Waals surface area (Å²) in [5, 5.41) is 3.02. The van der Waals surface area contributed by atoms with Gasteiger partial charge in [0.05, 0.1) is 0 Å². The molecular formula is C21H22N4O. The summed E-state index contributed by atoms with van der Waals surface area (Å²) in [6.45, 7) is 0.757. The lowest BCUT2D eigenvalue weighted by molar-refractivity contribution is -0.119. The third kappa shape index (κ3) is 3.33. The lowest BCUT2D eigenvalue weighted by Gasteiger charge is -2.20. The van der Waals surface area contributed by atoms with Gasteiger partial charge < -0.3 is 14.8 Å². The van der Waals surface area contributed by atoms with Crippen LogP contribution in [0, 0.1) is 0 Å². The fourth-order valence-corrected chi connectivity index (χ4v) is 3.40. The number of imidazole rings is 1. The van der Waals surface area contributed by atoms with Gasteiger partial charge in [-0.05, 0) is 42.8 Å². The van der Waals surface area contributed by atoms with E-state index in [1.807, 2.05) is 30.6 Å². The molecule has 5 heteroatoms. The molecule has 132 valence electrons. The zero-order valence-corrected chi connectivity index (χ0v) is 14.8. The van der Waals surface area contributed by atoms with Crippen LogP contribution in [0.1, 0.15) is 12.8 Å². The fourth-order valence-electron chi connectivity index (χ4n) is 3.40. The first kappa shape index (κ1) is 16.4. The first-order chi connectivity index (χ1) is 12.7. The first-order valence-electron chi connectivity index (χ1n) is 8.90. The van der Waals surface area contributed by atoms with E-state index >= 15 is 0 Å². The van der Waals surface area contributed by atoms with Crippen LogP contribution in [0.5, 0.6) is 0 Å². The summed E-state index contributed by atoms with van der Waals surface area (Å²) < 4.78 is 2.12. The Bertz CT molecular complexity index is 886. The second kappa shape index (κ2) is 7.04. The van der Waals surface area contributed by atoms with Crippen LogP contribution in [0.3, 0.4) is 0 Å². The van der Waals surface area contributed by atoms with Gasteiger partial charge in [0.1, 0.15) is 5.82 Å². The highest BCUT2D eigenvalue weighted by atomic mass is 16.1. The molecule has 0 radical (unpaired) electrons. The van der Waals surface area contributed by atoms with Crippen LogP contribution in [-0.2, 0) is 11.3 Å². The molecule has 0 bridgehead atoms. The largest absolute Gasteiger partial charge is 0.352 e. The van der Waals surface area contributed by atoms with E-state index in [9.17, 15) is 4.79 Å². The van der Waals surface area contributed by atoms with Crippen molar-refractivity contribution in [2.75, 3.05) is 11.9 Å². The van der Waals surface area contributed by atoms with Gasteiger partial charge in [0, 0.05) is 55.4 Å². The minimum atomic E-state index is 0.143. The topological polar surface area (TPSA) is 50.2 Å². The van der Waals surface area contributed by atoms with Gasteiger partial charge in [0.25, 0.3) is 0 Å². The van der Waals surface area contributed by atoms with Crippen LogP contribution in [0.2, 0.25) is 0 Å². The molecule has 5 nitrogen and oxygen atoms in total. The molecule has 0 spiro atoms. The Morgan fingerprint density at radius 3 is 2.54 bits per heavy atom. The maximum Gasteiger partial charge on any atom is 0.220 e. The molecule has 2 aromatic carbocycles. The minimum Gasteiger partial charge on any atom is -0.352 e. The Kier molecular flexibility index (Phi) is 4.44. The number of nitrogens with one attached hydrogen (secondary N) is 1. The molecule has 1 atom stereocenters. The van der Waals surface area contributed by atoms with E-state index in [1.165, 1.54) is 0 Å². The summed E-state index contributed by atoms with van der Waals surface area (Å²) in [4.78, 5) is 18.1. The molecular weight excluding hydrogens is 324 g/mol. The van der Waals surface area contributed by atoms with Crippen molar-refractivity contribution >= 4 is 17.3 Å². The quantitative estimate of drug-likeness (QED) is 0.768. The van der Waals surface area contributed by atoms with Crippen molar-refractivity contribution < 1.29 is 4.79 Å². The summed E-state index contributed by atoms with van der Waals surface area (Å²) in [6.07, 6.45) is 5.30. The maximum atomic E-state index is 11.4. The number of hydrogen-bond acceptors (Lipinski definition) is 3. The van der Waals surface area contributed by atoms with Crippen LogP contribution in [0.4, 0.5) is 11.4 Å². The van der Waals surface area contributed by atoms with Crippen LogP contribution >= 0.6 is 0 Å². The summed E-state index contributed by atoms with van der Waals surface area (Å²) in [5.74, 6) is 1.07. The monoisotopic (exact) mass is 346 g/mol. The number of amides is 1. The van der Waals surface area contributed by atoms with E-state index in [0.29, 0.717) is 6.42 Å². The molecule has 1 saturated heterocycles. The molecule has 26 heavy (non-hydrogen) atoms. The van der Waals surface area contributed by atoms with E-state index < -0.39 is 0 Å². The van der Waals surface area contributed by atoms with Crippen molar-refractivity contribution in [3.8, 4) is 11.4 Å². The molecule has 4 rings (SSSR count). The van der Waals surface area contributed by atoms with Gasteiger partial charge >= 0.3 is 0 Å². The molecule has 1 aliphatic rings. The van der Waals surface area contributed by atoms with Crippen LogP contribution in [0.15, 0.2) is 67.0 Å². The number of rotatable bonds is 5. The molecule has 1 unspecified atom stereocenters. The van der Waals surface area contributed by atoms with Gasteiger partial charge in [0.2, 0.25) is 5.91 Å². The second-order valence-electron chi connectivity index (χ2n) is 6.65. The molecule has 1 aromatic heterocycles. The van der Waals surface area contributed by atoms with Gasteiger partial charge in [-0.1, -0.05) is 18.2 Å². The van der Waals surface area contributed by atoms with Crippen molar-refractivity contribution in [3.63, 3.8) is 0 Å². The predicted molar refractivity (Wildman–Crippen MR) is 103 cm³/mol. The highest BCUT2D eigenvalue weighted by Gasteiger charge is 2.21. The second-order valence-corrected chi connectivity index (χ2v) is 6.65. The predicted octanol–water partition coefficient (Wildman–Crippen LogP) is 3.60. The normalized spacial score (nSPS) is 16.5. The van der Waals surface area contributed by atoms with Gasteiger partial charge in [-0.15, -0.1) is 0 Å². The van der Waals surface area contributed by atoms with Gasteiger partial charge in [-0.3, -0.25) is 4.79 Å². The first-order valence-corrected chi connectivity index (χ1v) is 8.90. The SMILES string of the molecule is CN(c1ccccc1)c1ccc(-c2nccn2CC2CCC(=O)N2)cc1. The Balaban J connectivity index is 1.53. The summed E-state index contributed by atoms with van der Waals surface area (Å²) in [7, 11) is 2.06. The van der Waals surface area contributed by atoms with Crippen molar-refractivity contribution in [1.29, 1.82) is 0 Å². The third-order valence-electron chi connectivity index (χ3n) is 4.87. The van der Waals surface area contributed by atoms with E-state index in [4.69, 9.17) is 0 Å². The molecule has 0 aliphatic carbocycles. The van der Waals surface area contributed by atoms with E-state index in [2.05, 4.69) is 63.2 Å². The molecule has 1 amide bonds. The molecule has 3 aromatic rings. The van der Waals surface area contributed by atoms with Crippen LogP contribution < -0.4 is 10.2 Å². The van der Waals surface area contributed by atoms with Crippen molar-refractivity contribution in [2.45, 2.75) is 25.4 Å². The Labute approximate surface area is 153 Å². The molecule has 1 aliphatic heterocycles. The zero-order valence-electron chi connectivity index (χ0n) is 14.8. The number of benzene rings is 2. The molecule has 0 saturated carbocycles. The number of carbonyl (C=O) groups excluding carboxylic acids is 1. The smallest absolute Gasteiger partial charge is 0.220 e. The zero-order chi connectivity index (χ0) is 17.9. The number of anilines is 2. The molecule has 1 fully saturated rings.